The molecule has 0 aliphatic carbocycles. The van der Waals surface area contributed by atoms with Crippen molar-refractivity contribution in [3.63, 3.8) is 0 Å². The molecule has 1 aliphatic rings. The molecule has 5 rings (SSSR count). The highest BCUT2D eigenvalue weighted by atomic mass is 35.5. The average molecular weight is 422 g/mol. The Morgan fingerprint density at radius 2 is 1.83 bits per heavy atom. The highest BCUT2D eigenvalue weighted by Crippen LogP contribution is 2.25. The Hall–Kier alpha value is -2.67. The minimum absolute atomic E-state index is 0.259. The van der Waals surface area contributed by atoms with Gasteiger partial charge < -0.3 is 14.6 Å². The number of anilines is 1. The summed E-state index contributed by atoms with van der Waals surface area (Å²) in [6, 6.07) is 17.0. The summed E-state index contributed by atoms with van der Waals surface area (Å²) in [4.78, 5) is 11.3. The topological polar surface area (TPSA) is 55.2 Å². The smallest absolute Gasteiger partial charge is 0.226 e. The van der Waals surface area contributed by atoms with Gasteiger partial charge in [-0.2, -0.15) is 4.98 Å². The summed E-state index contributed by atoms with van der Waals surface area (Å²) in [5.74, 6) is 0.788. The van der Waals surface area contributed by atoms with E-state index in [4.69, 9.17) is 16.3 Å². The predicted molar refractivity (Wildman–Crippen MR) is 121 cm³/mol. The molecule has 30 heavy (non-hydrogen) atoms. The molecule has 0 spiro atoms. The van der Waals surface area contributed by atoms with Gasteiger partial charge in [0.05, 0.1) is 18.6 Å². The monoisotopic (exact) mass is 421 g/mol. The number of rotatable bonds is 6. The molecule has 0 amide bonds. The highest BCUT2D eigenvalue weighted by molar-refractivity contribution is 6.28. The van der Waals surface area contributed by atoms with Gasteiger partial charge in [0, 0.05) is 38.9 Å². The number of nitrogens with one attached hydrogen (secondary N) is 1. The normalized spacial score (nSPS) is 15.1. The van der Waals surface area contributed by atoms with Crippen molar-refractivity contribution >= 4 is 39.2 Å². The standard InChI is InChI=1S/C23H24ClN5O/c24-23-26-21(25-8-10-28-11-13-30-14-12-28)20-7-9-29(22(20)27-23)16-17-5-6-18-3-1-2-4-19(18)15-17/h1-7,9,15H,8,10-14,16H2,(H,25,26,27). The zero-order chi connectivity index (χ0) is 20.3. The third kappa shape index (κ3) is 4.12. The van der Waals surface area contributed by atoms with Crippen LogP contribution < -0.4 is 5.32 Å². The van der Waals surface area contributed by atoms with Crippen molar-refractivity contribution in [3.05, 3.63) is 65.6 Å². The maximum absolute atomic E-state index is 6.26. The molecule has 154 valence electrons. The molecule has 4 aromatic rings. The molecule has 0 atom stereocenters. The van der Waals surface area contributed by atoms with E-state index < -0.39 is 0 Å². The van der Waals surface area contributed by atoms with Crippen LogP contribution in [0.1, 0.15) is 5.56 Å². The van der Waals surface area contributed by atoms with Crippen molar-refractivity contribution < 1.29 is 4.74 Å². The van der Waals surface area contributed by atoms with Gasteiger partial charge in [0.15, 0.2) is 0 Å². The number of hydrogen-bond donors (Lipinski definition) is 1. The van der Waals surface area contributed by atoms with Crippen molar-refractivity contribution in [2.45, 2.75) is 6.54 Å². The fourth-order valence-corrected chi connectivity index (χ4v) is 4.16. The first-order valence-corrected chi connectivity index (χ1v) is 10.7. The van der Waals surface area contributed by atoms with E-state index in [1.54, 1.807) is 0 Å². The van der Waals surface area contributed by atoms with E-state index in [1.165, 1.54) is 16.3 Å². The third-order valence-corrected chi connectivity index (χ3v) is 5.75. The molecular formula is C23H24ClN5O. The van der Waals surface area contributed by atoms with Gasteiger partial charge in [0.25, 0.3) is 0 Å². The Morgan fingerprint density at radius 1 is 1.00 bits per heavy atom. The number of nitrogens with zero attached hydrogens (tertiary/aromatic N) is 4. The number of benzene rings is 2. The Labute approximate surface area is 180 Å². The summed E-state index contributed by atoms with van der Waals surface area (Å²) < 4.78 is 7.54. The van der Waals surface area contributed by atoms with Crippen LogP contribution in [0.2, 0.25) is 5.28 Å². The summed E-state index contributed by atoms with van der Waals surface area (Å²) in [7, 11) is 0. The number of halogens is 1. The van der Waals surface area contributed by atoms with Crippen molar-refractivity contribution in [1.82, 2.24) is 19.4 Å². The average Bonchev–Trinajstić information content (AvgIpc) is 3.17. The van der Waals surface area contributed by atoms with Gasteiger partial charge in [-0.3, -0.25) is 4.90 Å². The largest absolute Gasteiger partial charge is 0.379 e. The number of ether oxygens (including phenoxy) is 1. The first-order chi connectivity index (χ1) is 14.8. The van der Waals surface area contributed by atoms with Gasteiger partial charge in [-0.15, -0.1) is 0 Å². The molecule has 2 aromatic carbocycles. The highest BCUT2D eigenvalue weighted by Gasteiger charge is 2.13. The molecule has 0 saturated carbocycles. The SMILES string of the molecule is Clc1nc(NCCN2CCOCC2)c2ccn(Cc3ccc4ccccc4c3)c2n1. The molecule has 1 saturated heterocycles. The summed E-state index contributed by atoms with van der Waals surface area (Å²) >= 11 is 6.26. The van der Waals surface area contributed by atoms with Crippen molar-refractivity contribution in [3.8, 4) is 0 Å². The number of aromatic nitrogens is 3. The van der Waals surface area contributed by atoms with Crippen molar-refractivity contribution in [2.24, 2.45) is 0 Å². The molecule has 0 bridgehead atoms. The Bertz CT molecular complexity index is 1170. The first kappa shape index (κ1) is 19.3. The van der Waals surface area contributed by atoms with Crippen LogP contribution >= 0.6 is 11.6 Å². The van der Waals surface area contributed by atoms with Crippen LogP contribution in [-0.4, -0.2) is 58.8 Å². The second-order valence-electron chi connectivity index (χ2n) is 7.58. The van der Waals surface area contributed by atoms with E-state index >= 15 is 0 Å². The number of fused-ring (bicyclic) bond motifs is 2. The zero-order valence-electron chi connectivity index (χ0n) is 16.7. The van der Waals surface area contributed by atoms with E-state index in [0.717, 1.165) is 62.8 Å². The fraction of sp³-hybridized carbons (Fsp3) is 0.304. The summed E-state index contributed by atoms with van der Waals surface area (Å²) in [5, 5.41) is 7.18. The molecule has 0 unspecified atom stereocenters. The Balaban J connectivity index is 1.36. The van der Waals surface area contributed by atoms with E-state index in [0.29, 0.717) is 0 Å². The molecule has 3 heterocycles. The van der Waals surface area contributed by atoms with E-state index in [-0.39, 0.29) is 5.28 Å². The van der Waals surface area contributed by atoms with Crippen LogP contribution in [0, 0.1) is 0 Å². The molecular weight excluding hydrogens is 398 g/mol. The van der Waals surface area contributed by atoms with Crippen LogP contribution in [-0.2, 0) is 11.3 Å². The zero-order valence-corrected chi connectivity index (χ0v) is 17.5. The Morgan fingerprint density at radius 3 is 2.70 bits per heavy atom. The molecule has 1 N–H and O–H groups in total. The van der Waals surface area contributed by atoms with Crippen LogP contribution in [0.15, 0.2) is 54.7 Å². The summed E-state index contributed by atoms with van der Waals surface area (Å²) in [6.45, 7) is 6.05. The van der Waals surface area contributed by atoms with E-state index in [1.807, 2.05) is 0 Å². The number of morpholine rings is 1. The third-order valence-electron chi connectivity index (χ3n) is 5.58. The lowest BCUT2D eigenvalue weighted by molar-refractivity contribution is 0.0398. The van der Waals surface area contributed by atoms with Crippen molar-refractivity contribution in [2.75, 3.05) is 44.7 Å². The van der Waals surface area contributed by atoms with Crippen molar-refractivity contribution in [1.29, 1.82) is 0 Å². The predicted octanol–water partition coefficient (Wildman–Crippen LogP) is 4.03. The van der Waals surface area contributed by atoms with Gasteiger partial charge in [-0.05, 0) is 40.1 Å². The summed E-state index contributed by atoms with van der Waals surface area (Å²) in [5.41, 5.74) is 2.07. The lowest BCUT2D eigenvalue weighted by atomic mass is 10.1. The summed E-state index contributed by atoms with van der Waals surface area (Å²) in [6.07, 6.45) is 2.05. The van der Waals surface area contributed by atoms with Gasteiger partial charge in [-0.25, -0.2) is 4.98 Å². The minimum atomic E-state index is 0.259. The quantitative estimate of drug-likeness (QED) is 0.476. The molecule has 0 radical (unpaired) electrons. The molecule has 2 aromatic heterocycles. The van der Waals surface area contributed by atoms with Gasteiger partial charge in [-0.1, -0.05) is 36.4 Å². The van der Waals surface area contributed by atoms with Crippen LogP contribution in [0.3, 0.4) is 0 Å². The first-order valence-electron chi connectivity index (χ1n) is 10.3. The van der Waals surface area contributed by atoms with Gasteiger partial charge in [0.1, 0.15) is 11.5 Å². The van der Waals surface area contributed by atoms with Crippen LogP contribution in [0.25, 0.3) is 21.8 Å². The Kier molecular flexibility index (Phi) is 5.53. The van der Waals surface area contributed by atoms with Gasteiger partial charge >= 0.3 is 0 Å². The maximum atomic E-state index is 6.26. The lowest BCUT2D eigenvalue weighted by Crippen LogP contribution is -2.39. The fourth-order valence-electron chi connectivity index (χ4n) is 3.99. The van der Waals surface area contributed by atoms with Crippen LogP contribution in [0.4, 0.5) is 5.82 Å². The lowest BCUT2D eigenvalue weighted by Gasteiger charge is -2.26. The molecule has 6 nitrogen and oxygen atoms in total. The second-order valence-corrected chi connectivity index (χ2v) is 7.92. The molecule has 7 heteroatoms. The maximum Gasteiger partial charge on any atom is 0.226 e. The van der Waals surface area contributed by atoms with Crippen LogP contribution in [0.5, 0.6) is 0 Å². The van der Waals surface area contributed by atoms with E-state index in [2.05, 4.69) is 79.5 Å². The number of hydrogen-bond acceptors (Lipinski definition) is 5. The van der Waals surface area contributed by atoms with Gasteiger partial charge in [0.2, 0.25) is 5.28 Å². The second kappa shape index (κ2) is 8.60. The molecule has 1 aliphatic heterocycles. The van der Waals surface area contributed by atoms with E-state index in [9.17, 15) is 0 Å². The minimum Gasteiger partial charge on any atom is -0.379 e. The molecule has 1 fully saturated rings.